The van der Waals surface area contributed by atoms with E-state index in [1.54, 1.807) is 4.68 Å². The number of aryl methyl sites for hydroxylation is 1. The van der Waals surface area contributed by atoms with Gasteiger partial charge >= 0.3 is 0 Å². The number of hydrogen-bond donors (Lipinski definition) is 1. The zero-order valence-electron chi connectivity index (χ0n) is 18.9. The Kier molecular flexibility index (Phi) is 6.82. The summed E-state index contributed by atoms with van der Waals surface area (Å²) >= 11 is 6.25. The molecule has 1 aromatic heterocycles. The lowest BCUT2D eigenvalue weighted by Gasteiger charge is -2.39. The molecule has 2 heterocycles. The predicted octanol–water partition coefficient (Wildman–Crippen LogP) is 4.08. The summed E-state index contributed by atoms with van der Waals surface area (Å²) in [6.45, 7) is 10.6. The Bertz CT molecular complexity index is 1060. The van der Waals surface area contributed by atoms with Crippen LogP contribution in [0, 0.1) is 13.8 Å². The van der Waals surface area contributed by atoms with Crippen LogP contribution in [0.2, 0.25) is 5.02 Å². The normalized spacial score (nSPS) is 15.6. The van der Waals surface area contributed by atoms with Gasteiger partial charge in [-0.15, -0.1) is 0 Å². The molecule has 1 unspecified atom stereocenters. The minimum atomic E-state index is -0.0577. The molecule has 1 N–H and O–H groups in total. The molecule has 0 radical (unpaired) electrons. The van der Waals surface area contributed by atoms with Crippen molar-refractivity contribution in [2.24, 2.45) is 0 Å². The summed E-state index contributed by atoms with van der Waals surface area (Å²) in [5.74, 6) is -0.0577. The van der Waals surface area contributed by atoms with Crippen LogP contribution in [0.15, 0.2) is 54.6 Å². The van der Waals surface area contributed by atoms with Gasteiger partial charge in [-0.2, -0.15) is 5.10 Å². The lowest BCUT2D eigenvalue weighted by atomic mass is 10.1. The number of anilines is 1. The maximum Gasteiger partial charge on any atom is 0.251 e. The Hall–Kier alpha value is -2.83. The molecule has 0 saturated carbocycles. The number of carbonyl (C=O) groups is 1. The van der Waals surface area contributed by atoms with Crippen molar-refractivity contribution in [1.29, 1.82) is 0 Å². The number of hydrogen-bond acceptors (Lipinski definition) is 4. The molecule has 3 aromatic rings. The summed E-state index contributed by atoms with van der Waals surface area (Å²) in [5.41, 5.74) is 4.49. The molecule has 1 aliphatic heterocycles. The van der Waals surface area contributed by atoms with Crippen molar-refractivity contribution in [1.82, 2.24) is 20.0 Å². The summed E-state index contributed by atoms with van der Waals surface area (Å²) in [7, 11) is 0. The van der Waals surface area contributed by atoms with Crippen LogP contribution < -0.4 is 10.2 Å². The number of benzene rings is 2. The highest BCUT2D eigenvalue weighted by molar-refractivity contribution is 6.31. The third-order valence-electron chi connectivity index (χ3n) is 6.19. The van der Waals surface area contributed by atoms with Gasteiger partial charge in [-0.25, -0.2) is 4.68 Å². The number of rotatable bonds is 6. The SMILES string of the molecule is Cc1nn(-c2ccc(C(=O)NCC(C)N3CCN(c4ccccc4)CC3)cc2)c(C)c1Cl. The lowest BCUT2D eigenvalue weighted by Crippen LogP contribution is -2.52. The minimum Gasteiger partial charge on any atom is -0.369 e. The largest absolute Gasteiger partial charge is 0.369 e. The maximum absolute atomic E-state index is 12.7. The molecule has 1 saturated heterocycles. The predicted molar refractivity (Wildman–Crippen MR) is 130 cm³/mol. The average Bonchev–Trinajstić information content (AvgIpc) is 3.10. The average molecular weight is 452 g/mol. The third-order valence-corrected chi connectivity index (χ3v) is 6.74. The van der Waals surface area contributed by atoms with Crippen molar-refractivity contribution in [2.45, 2.75) is 26.8 Å². The molecule has 0 spiro atoms. The van der Waals surface area contributed by atoms with Gasteiger partial charge in [0.05, 0.1) is 22.1 Å². The van der Waals surface area contributed by atoms with Gasteiger partial charge in [0.2, 0.25) is 0 Å². The Morgan fingerprint density at radius 2 is 1.66 bits per heavy atom. The molecule has 1 fully saturated rings. The van der Waals surface area contributed by atoms with Crippen LogP contribution in [0.4, 0.5) is 5.69 Å². The molecule has 1 amide bonds. The monoisotopic (exact) mass is 451 g/mol. The maximum atomic E-state index is 12.7. The zero-order valence-corrected chi connectivity index (χ0v) is 19.6. The Labute approximate surface area is 194 Å². The summed E-state index contributed by atoms with van der Waals surface area (Å²) in [4.78, 5) is 17.5. The quantitative estimate of drug-likeness (QED) is 0.613. The number of nitrogens with zero attached hydrogens (tertiary/aromatic N) is 4. The minimum absolute atomic E-state index is 0.0577. The van der Waals surface area contributed by atoms with Crippen LogP contribution in [-0.4, -0.2) is 59.4 Å². The van der Waals surface area contributed by atoms with Crippen LogP contribution in [0.1, 0.15) is 28.7 Å². The second kappa shape index (κ2) is 9.76. The molecule has 1 aliphatic rings. The molecular weight excluding hydrogens is 422 g/mol. The zero-order chi connectivity index (χ0) is 22.7. The van der Waals surface area contributed by atoms with Crippen molar-refractivity contribution >= 4 is 23.2 Å². The van der Waals surface area contributed by atoms with E-state index in [1.807, 2.05) is 44.2 Å². The molecule has 0 aliphatic carbocycles. The highest BCUT2D eigenvalue weighted by Crippen LogP contribution is 2.22. The second-order valence-corrected chi connectivity index (χ2v) is 8.74. The highest BCUT2D eigenvalue weighted by atomic mass is 35.5. The van der Waals surface area contributed by atoms with E-state index in [9.17, 15) is 4.79 Å². The molecular formula is C25H30ClN5O. The Balaban J connectivity index is 1.28. The summed E-state index contributed by atoms with van der Waals surface area (Å²) in [5, 5.41) is 8.22. The number of para-hydroxylation sites is 1. The molecule has 1 atom stereocenters. The van der Waals surface area contributed by atoms with Gasteiger partial charge in [0.15, 0.2) is 0 Å². The topological polar surface area (TPSA) is 53.4 Å². The van der Waals surface area contributed by atoms with Gasteiger partial charge in [-0.3, -0.25) is 9.69 Å². The number of amides is 1. The number of piperazine rings is 1. The number of aromatic nitrogens is 2. The first kappa shape index (κ1) is 22.4. The van der Waals surface area contributed by atoms with E-state index in [2.05, 4.69) is 51.4 Å². The van der Waals surface area contributed by atoms with Crippen LogP contribution in [0.25, 0.3) is 5.69 Å². The van der Waals surface area contributed by atoms with E-state index in [0.717, 1.165) is 43.3 Å². The van der Waals surface area contributed by atoms with Gasteiger partial charge < -0.3 is 10.2 Å². The van der Waals surface area contributed by atoms with Crippen molar-refractivity contribution in [3.63, 3.8) is 0 Å². The van der Waals surface area contributed by atoms with Crippen LogP contribution in [0.3, 0.4) is 0 Å². The van der Waals surface area contributed by atoms with E-state index in [0.29, 0.717) is 17.1 Å². The lowest BCUT2D eigenvalue weighted by molar-refractivity contribution is 0.0934. The number of nitrogens with one attached hydrogen (secondary N) is 1. The van der Waals surface area contributed by atoms with Crippen LogP contribution in [0.5, 0.6) is 0 Å². The standard InChI is InChI=1S/C25H30ClN5O/c1-18(29-13-15-30(16-14-29)22-7-5-4-6-8-22)17-27-25(32)21-9-11-23(12-10-21)31-20(3)24(26)19(2)28-31/h4-12,18H,13-17H2,1-3H3,(H,27,32). The fraction of sp³-hybridized carbons (Fsp3) is 0.360. The van der Waals surface area contributed by atoms with Gasteiger partial charge in [0, 0.05) is 50.0 Å². The first-order valence-electron chi connectivity index (χ1n) is 11.1. The van der Waals surface area contributed by atoms with E-state index in [1.165, 1.54) is 5.69 Å². The van der Waals surface area contributed by atoms with E-state index in [-0.39, 0.29) is 11.9 Å². The van der Waals surface area contributed by atoms with Gasteiger partial charge in [0.25, 0.3) is 5.91 Å². The van der Waals surface area contributed by atoms with E-state index < -0.39 is 0 Å². The van der Waals surface area contributed by atoms with Gasteiger partial charge in [-0.05, 0) is 57.2 Å². The van der Waals surface area contributed by atoms with E-state index in [4.69, 9.17) is 11.6 Å². The second-order valence-electron chi connectivity index (χ2n) is 8.36. The first-order valence-corrected chi connectivity index (χ1v) is 11.5. The van der Waals surface area contributed by atoms with Gasteiger partial charge in [-0.1, -0.05) is 29.8 Å². The van der Waals surface area contributed by atoms with Gasteiger partial charge in [0.1, 0.15) is 0 Å². The smallest absolute Gasteiger partial charge is 0.251 e. The van der Waals surface area contributed by atoms with Crippen LogP contribution >= 0.6 is 11.6 Å². The summed E-state index contributed by atoms with van der Waals surface area (Å²) in [6, 6.07) is 18.3. The van der Waals surface area contributed by atoms with Crippen LogP contribution in [-0.2, 0) is 0 Å². The Morgan fingerprint density at radius 1 is 1.00 bits per heavy atom. The summed E-state index contributed by atoms with van der Waals surface area (Å²) < 4.78 is 1.80. The number of carbonyl (C=O) groups excluding carboxylic acids is 1. The number of halogens is 1. The summed E-state index contributed by atoms with van der Waals surface area (Å²) in [6.07, 6.45) is 0. The molecule has 168 valence electrons. The van der Waals surface area contributed by atoms with E-state index >= 15 is 0 Å². The molecule has 7 heteroatoms. The molecule has 6 nitrogen and oxygen atoms in total. The fourth-order valence-electron chi connectivity index (χ4n) is 4.16. The van der Waals surface area contributed by atoms with Crippen molar-refractivity contribution in [3.05, 3.63) is 76.6 Å². The van der Waals surface area contributed by atoms with Crippen molar-refractivity contribution in [2.75, 3.05) is 37.6 Å². The fourth-order valence-corrected chi connectivity index (χ4v) is 4.28. The molecule has 0 bridgehead atoms. The Morgan fingerprint density at radius 3 is 2.25 bits per heavy atom. The van der Waals surface area contributed by atoms with Crippen molar-refractivity contribution in [3.8, 4) is 5.69 Å². The molecule has 2 aromatic carbocycles. The van der Waals surface area contributed by atoms with Crippen molar-refractivity contribution < 1.29 is 4.79 Å². The molecule has 32 heavy (non-hydrogen) atoms. The molecule has 4 rings (SSSR count). The third kappa shape index (κ3) is 4.81. The highest BCUT2D eigenvalue weighted by Gasteiger charge is 2.21. The first-order chi connectivity index (χ1) is 15.4.